The molecule has 0 bridgehead atoms. The van der Waals surface area contributed by atoms with E-state index in [1.54, 1.807) is 25.3 Å². The highest BCUT2D eigenvalue weighted by atomic mass is 32.2. The van der Waals surface area contributed by atoms with E-state index in [9.17, 15) is 13.2 Å². The number of amides is 1. The third-order valence-corrected chi connectivity index (χ3v) is 6.03. The quantitative estimate of drug-likeness (QED) is 0.699. The predicted molar refractivity (Wildman–Crippen MR) is 104 cm³/mol. The maximum atomic E-state index is 12.4. The van der Waals surface area contributed by atoms with Crippen LogP contribution in [-0.4, -0.2) is 62.3 Å². The number of carbonyl (C=O) groups excluding carboxylic acids is 1. The minimum Gasteiger partial charge on any atom is -0.497 e. The molecule has 158 valence electrons. The maximum Gasteiger partial charge on any atom is 0.246 e. The Balaban J connectivity index is 1.63. The van der Waals surface area contributed by atoms with E-state index in [0.717, 1.165) is 6.26 Å². The Hall–Kier alpha value is -2.66. The van der Waals surface area contributed by atoms with Crippen LogP contribution >= 0.6 is 0 Å². The van der Waals surface area contributed by atoms with E-state index < -0.39 is 15.9 Å². The van der Waals surface area contributed by atoms with Gasteiger partial charge in [-0.3, -0.25) is 4.79 Å². The lowest BCUT2D eigenvalue weighted by Crippen LogP contribution is -2.44. The summed E-state index contributed by atoms with van der Waals surface area (Å²) in [6.07, 6.45) is 2.43. The molecule has 11 heteroatoms. The molecule has 0 radical (unpaired) electrons. The summed E-state index contributed by atoms with van der Waals surface area (Å²) < 4.78 is 40.5. The number of ether oxygens (including phenoxy) is 2. The number of rotatable bonds is 7. The smallest absolute Gasteiger partial charge is 0.246 e. The van der Waals surface area contributed by atoms with Gasteiger partial charge in [0.15, 0.2) is 0 Å². The number of carbonyl (C=O) groups is 1. The summed E-state index contributed by atoms with van der Waals surface area (Å²) in [5.41, 5.74) is 0.630. The van der Waals surface area contributed by atoms with Crippen molar-refractivity contribution >= 4 is 15.9 Å². The van der Waals surface area contributed by atoms with Crippen molar-refractivity contribution in [3.05, 3.63) is 24.1 Å². The molecule has 1 fully saturated rings. The van der Waals surface area contributed by atoms with E-state index in [0.29, 0.717) is 42.3 Å². The van der Waals surface area contributed by atoms with E-state index in [1.165, 1.54) is 11.4 Å². The monoisotopic (exact) mass is 424 g/mol. The van der Waals surface area contributed by atoms with Crippen molar-refractivity contribution in [3.8, 4) is 22.9 Å². The lowest BCUT2D eigenvalue weighted by Gasteiger charge is -2.29. The molecule has 1 amide bonds. The Bertz CT molecular complexity index is 974. The fraction of sp³-hybridized carbons (Fsp3) is 0.500. The molecule has 1 aromatic heterocycles. The van der Waals surface area contributed by atoms with E-state index in [1.807, 2.05) is 0 Å². The highest BCUT2D eigenvalue weighted by Gasteiger charge is 2.30. The number of benzene rings is 1. The van der Waals surface area contributed by atoms with Crippen molar-refractivity contribution in [1.82, 2.24) is 19.8 Å². The summed E-state index contributed by atoms with van der Waals surface area (Å²) in [6, 6.07) is 5.22. The molecule has 1 N–H and O–H groups in total. The maximum absolute atomic E-state index is 12.4. The number of sulfonamides is 1. The molecule has 1 aliphatic heterocycles. The normalized spacial score (nSPS) is 17.7. The van der Waals surface area contributed by atoms with Crippen LogP contribution < -0.4 is 14.8 Å². The Kier molecular flexibility index (Phi) is 6.38. The van der Waals surface area contributed by atoms with Crippen molar-refractivity contribution in [2.45, 2.75) is 19.4 Å². The lowest BCUT2D eigenvalue weighted by atomic mass is 9.99. The highest BCUT2D eigenvalue weighted by molar-refractivity contribution is 7.88. The Morgan fingerprint density at radius 1 is 1.34 bits per heavy atom. The third kappa shape index (κ3) is 5.04. The number of methoxy groups -OCH3 is 2. The molecular formula is C18H24N4O6S. The SMILES string of the molecule is COc1ccc(-c2noc(CNC(=O)[C@@H]3CCCN(S(C)(=O)=O)C3)n2)c(OC)c1. The molecular weight excluding hydrogens is 400 g/mol. The van der Waals surface area contributed by atoms with E-state index in [2.05, 4.69) is 15.5 Å². The zero-order valence-corrected chi connectivity index (χ0v) is 17.4. The van der Waals surface area contributed by atoms with Crippen molar-refractivity contribution in [3.63, 3.8) is 0 Å². The summed E-state index contributed by atoms with van der Waals surface area (Å²) in [7, 11) is -0.215. The molecule has 0 spiro atoms. The average Bonchev–Trinajstić information content (AvgIpc) is 3.19. The third-order valence-electron chi connectivity index (χ3n) is 4.76. The first-order valence-corrected chi connectivity index (χ1v) is 10.9. The summed E-state index contributed by atoms with van der Waals surface area (Å²) in [5.74, 6) is 1.10. The van der Waals surface area contributed by atoms with Crippen molar-refractivity contribution < 1.29 is 27.2 Å². The topological polar surface area (TPSA) is 124 Å². The highest BCUT2D eigenvalue weighted by Crippen LogP contribution is 2.31. The molecule has 0 aliphatic carbocycles. The van der Waals surface area contributed by atoms with Crippen molar-refractivity contribution in [1.29, 1.82) is 0 Å². The molecule has 1 aliphatic rings. The zero-order valence-electron chi connectivity index (χ0n) is 16.5. The number of piperidine rings is 1. The van der Waals surface area contributed by atoms with Crippen LogP contribution in [0.25, 0.3) is 11.4 Å². The standard InChI is InChI=1S/C18H24N4O6S/c1-26-13-6-7-14(15(9-13)27-2)17-20-16(28-21-17)10-19-18(23)12-5-4-8-22(11-12)29(3,24)25/h6-7,9,12H,4-5,8,10-11H2,1-3H3,(H,19,23)/t12-/m1/s1. The Morgan fingerprint density at radius 3 is 2.83 bits per heavy atom. The second-order valence-corrected chi connectivity index (χ2v) is 8.74. The number of nitrogens with one attached hydrogen (secondary N) is 1. The second kappa shape index (κ2) is 8.78. The molecule has 2 heterocycles. The first kappa shape index (κ1) is 21.1. The van der Waals surface area contributed by atoms with Crippen LogP contribution in [0.2, 0.25) is 0 Å². The van der Waals surface area contributed by atoms with Crippen molar-refractivity contribution in [2.75, 3.05) is 33.6 Å². The van der Waals surface area contributed by atoms with Gasteiger partial charge in [-0.2, -0.15) is 4.98 Å². The fourth-order valence-corrected chi connectivity index (χ4v) is 4.10. The first-order chi connectivity index (χ1) is 13.8. The van der Waals surface area contributed by atoms with Gasteiger partial charge in [-0.25, -0.2) is 12.7 Å². The van der Waals surface area contributed by atoms with Crippen LogP contribution in [0, 0.1) is 5.92 Å². The van der Waals surface area contributed by atoms with Gasteiger partial charge >= 0.3 is 0 Å². The molecule has 1 atom stereocenters. The van der Waals surface area contributed by atoms with Crippen LogP contribution in [0.5, 0.6) is 11.5 Å². The molecule has 1 saturated heterocycles. The molecule has 29 heavy (non-hydrogen) atoms. The molecule has 0 unspecified atom stereocenters. The number of nitrogens with zero attached hydrogens (tertiary/aromatic N) is 3. The Labute approximate surface area is 169 Å². The largest absolute Gasteiger partial charge is 0.497 e. The summed E-state index contributed by atoms with van der Waals surface area (Å²) >= 11 is 0. The van der Waals surface area contributed by atoms with Gasteiger partial charge in [0.25, 0.3) is 0 Å². The summed E-state index contributed by atoms with van der Waals surface area (Å²) in [5, 5.41) is 6.68. The van der Waals surface area contributed by atoms with Gasteiger partial charge < -0.3 is 19.3 Å². The van der Waals surface area contributed by atoms with Gasteiger partial charge in [0.2, 0.25) is 27.6 Å². The fourth-order valence-electron chi connectivity index (χ4n) is 3.18. The number of hydrogen-bond donors (Lipinski definition) is 1. The van der Waals surface area contributed by atoms with Crippen LogP contribution in [0.15, 0.2) is 22.7 Å². The molecule has 1 aromatic carbocycles. The summed E-state index contributed by atoms with van der Waals surface area (Å²) in [6.45, 7) is 0.682. The molecule has 3 rings (SSSR count). The van der Waals surface area contributed by atoms with Gasteiger partial charge in [-0.05, 0) is 25.0 Å². The minimum atomic E-state index is -3.31. The van der Waals surface area contributed by atoms with Crippen LogP contribution in [0.1, 0.15) is 18.7 Å². The Morgan fingerprint density at radius 2 is 2.14 bits per heavy atom. The predicted octanol–water partition coefficient (Wildman–Crippen LogP) is 1.04. The van der Waals surface area contributed by atoms with E-state index in [-0.39, 0.29) is 24.9 Å². The van der Waals surface area contributed by atoms with Crippen LogP contribution in [0.4, 0.5) is 0 Å². The van der Waals surface area contributed by atoms with Gasteiger partial charge in [-0.15, -0.1) is 0 Å². The molecule has 2 aromatic rings. The van der Waals surface area contributed by atoms with Crippen LogP contribution in [0.3, 0.4) is 0 Å². The molecule has 10 nitrogen and oxygen atoms in total. The number of hydrogen-bond acceptors (Lipinski definition) is 8. The van der Waals surface area contributed by atoms with Crippen molar-refractivity contribution in [2.24, 2.45) is 5.92 Å². The average molecular weight is 424 g/mol. The van der Waals surface area contributed by atoms with Crippen LogP contribution in [-0.2, 0) is 21.4 Å². The van der Waals surface area contributed by atoms with Gasteiger partial charge in [0.05, 0.1) is 38.5 Å². The van der Waals surface area contributed by atoms with E-state index >= 15 is 0 Å². The first-order valence-electron chi connectivity index (χ1n) is 9.09. The molecule has 0 saturated carbocycles. The minimum absolute atomic E-state index is 0.0552. The van der Waals surface area contributed by atoms with E-state index in [4.69, 9.17) is 14.0 Å². The van der Waals surface area contributed by atoms with Gasteiger partial charge in [0, 0.05) is 19.2 Å². The lowest BCUT2D eigenvalue weighted by molar-refractivity contribution is -0.126. The van der Waals surface area contributed by atoms with Gasteiger partial charge in [0.1, 0.15) is 11.5 Å². The van der Waals surface area contributed by atoms with Gasteiger partial charge in [-0.1, -0.05) is 5.16 Å². The number of aromatic nitrogens is 2. The zero-order chi connectivity index (χ0) is 21.0. The second-order valence-electron chi connectivity index (χ2n) is 6.76. The summed E-state index contributed by atoms with van der Waals surface area (Å²) in [4.78, 5) is 16.7.